The number of nitro benzene ring substituents is 1. The Kier molecular flexibility index (Phi) is 4.76. The normalized spacial score (nSPS) is 13.2. The van der Waals surface area contributed by atoms with E-state index in [0.29, 0.717) is 0 Å². The molecule has 0 aliphatic heterocycles. The van der Waals surface area contributed by atoms with E-state index in [4.69, 9.17) is 10.5 Å². The van der Waals surface area contributed by atoms with Gasteiger partial charge in [-0.25, -0.2) is 8.42 Å². The number of nitro groups is 1. The minimum atomic E-state index is -3.80. The number of hydrogen-bond acceptors (Lipinski definition) is 6. The van der Waals surface area contributed by atoms with Crippen LogP contribution in [0.15, 0.2) is 29.2 Å². The van der Waals surface area contributed by atoms with Crippen LogP contribution in [-0.2, 0) is 14.6 Å². The molecule has 0 aliphatic rings. The van der Waals surface area contributed by atoms with E-state index < -0.39 is 32.2 Å². The molecule has 2 N–H and O–H groups in total. The molecule has 0 saturated heterocycles. The van der Waals surface area contributed by atoms with Crippen LogP contribution in [-0.4, -0.2) is 38.9 Å². The maximum absolute atomic E-state index is 12.0. The molecule has 0 radical (unpaired) electrons. The van der Waals surface area contributed by atoms with E-state index in [1.54, 1.807) is 0 Å². The predicted molar refractivity (Wildman–Crippen MR) is 65.0 cm³/mol. The Hall–Kier alpha value is -1.51. The molecule has 100 valence electrons. The van der Waals surface area contributed by atoms with Crippen molar-refractivity contribution in [2.75, 3.05) is 19.5 Å². The van der Waals surface area contributed by atoms with E-state index in [-0.39, 0.29) is 11.5 Å². The molecule has 0 heterocycles. The standard InChI is InChI=1S/C10H14N2O5S/c1-17-6-8(11)7-18(15,16)10-5-3-2-4-9(10)12(13)14/h2-5,8H,6-7,11H2,1H3. The lowest BCUT2D eigenvalue weighted by molar-refractivity contribution is -0.387. The monoisotopic (exact) mass is 274 g/mol. The second-order valence-electron chi connectivity index (χ2n) is 3.72. The number of para-hydroxylation sites is 1. The molecule has 0 amide bonds. The van der Waals surface area contributed by atoms with Crippen LogP contribution in [0.3, 0.4) is 0 Å². The average molecular weight is 274 g/mol. The molecule has 0 aliphatic carbocycles. The SMILES string of the molecule is COCC(N)CS(=O)(=O)c1ccccc1[N+](=O)[O-]. The van der Waals surface area contributed by atoms with E-state index in [0.717, 1.165) is 6.07 Å². The molecule has 1 aromatic carbocycles. The van der Waals surface area contributed by atoms with Crippen LogP contribution in [0.4, 0.5) is 5.69 Å². The van der Waals surface area contributed by atoms with Gasteiger partial charge in [0.25, 0.3) is 5.69 Å². The number of nitrogens with zero attached hydrogens (tertiary/aromatic N) is 1. The Labute approximate surface area is 105 Å². The minimum Gasteiger partial charge on any atom is -0.383 e. The fourth-order valence-corrected chi connectivity index (χ4v) is 3.09. The number of nitrogens with two attached hydrogens (primary N) is 1. The van der Waals surface area contributed by atoms with Crippen LogP contribution in [0.25, 0.3) is 0 Å². The summed E-state index contributed by atoms with van der Waals surface area (Å²) < 4.78 is 28.7. The van der Waals surface area contributed by atoms with Crippen molar-refractivity contribution in [1.82, 2.24) is 0 Å². The van der Waals surface area contributed by atoms with Gasteiger partial charge in [0, 0.05) is 19.2 Å². The van der Waals surface area contributed by atoms with E-state index in [1.165, 1.54) is 25.3 Å². The Morgan fingerprint density at radius 2 is 2.06 bits per heavy atom. The fourth-order valence-electron chi connectivity index (χ4n) is 1.50. The highest BCUT2D eigenvalue weighted by molar-refractivity contribution is 7.91. The summed E-state index contributed by atoms with van der Waals surface area (Å²) in [6.45, 7) is 0.0693. The molecule has 0 fully saturated rings. The summed E-state index contributed by atoms with van der Waals surface area (Å²) in [5, 5.41) is 10.8. The second-order valence-corrected chi connectivity index (χ2v) is 5.72. The lowest BCUT2D eigenvalue weighted by Crippen LogP contribution is -2.33. The highest BCUT2D eigenvalue weighted by Gasteiger charge is 2.26. The summed E-state index contributed by atoms with van der Waals surface area (Å²) >= 11 is 0. The molecule has 1 rings (SSSR count). The predicted octanol–water partition coefficient (Wildman–Crippen LogP) is 0.342. The van der Waals surface area contributed by atoms with Gasteiger partial charge in [-0.3, -0.25) is 10.1 Å². The van der Waals surface area contributed by atoms with Crippen molar-refractivity contribution in [3.8, 4) is 0 Å². The third kappa shape index (κ3) is 3.49. The van der Waals surface area contributed by atoms with Crippen LogP contribution < -0.4 is 5.73 Å². The van der Waals surface area contributed by atoms with Crippen LogP contribution in [0.1, 0.15) is 0 Å². The van der Waals surface area contributed by atoms with Gasteiger partial charge < -0.3 is 10.5 Å². The van der Waals surface area contributed by atoms with Crippen LogP contribution in [0.2, 0.25) is 0 Å². The van der Waals surface area contributed by atoms with Crippen LogP contribution >= 0.6 is 0 Å². The van der Waals surface area contributed by atoms with Gasteiger partial charge in [-0.1, -0.05) is 12.1 Å². The summed E-state index contributed by atoms with van der Waals surface area (Å²) in [6.07, 6.45) is 0. The van der Waals surface area contributed by atoms with Crippen molar-refractivity contribution < 1.29 is 18.1 Å². The maximum Gasteiger partial charge on any atom is 0.287 e. The first-order valence-corrected chi connectivity index (χ1v) is 6.74. The van der Waals surface area contributed by atoms with Crippen molar-refractivity contribution in [1.29, 1.82) is 0 Å². The second kappa shape index (κ2) is 5.89. The quantitative estimate of drug-likeness (QED) is 0.591. The highest BCUT2D eigenvalue weighted by Crippen LogP contribution is 2.24. The summed E-state index contributed by atoms with van der Waals surface area (Å²) in [4.78, 5) is 9.72. The number of sulfone groups is 1. The van der Waals surface area contributed by atoms with Crippen molar-refractivity contribution in [2.45, 2.75) is 10.9 Å². The van der Waals surface area contributed by atoms with E-state index in [2.05, 4.69) is 0 Å². The molecule has 1 aromatic rings. The number of methoxy groups -OCH3 is 1. The number of rotatable bonds is 6. The fraction of sp³-hybridized carbons (Fsp3) is 0.400. The number of benzene rings is 1. The smallest absolute Gasteiger partial charge is 0.287 e. The van der Waals surface area contributed by atoms with Gasteiger partial charge in [-0.15, -0.1) is 0 Å². The van der Waals surface area contributed by atoms with Gasteiger partial charge in [0.05, 0.1) is 17.3 Å². The first-order chi connectivity index (χ1) is 8.38. The molecule has 7 nitrogen and oxygen atoms in total. The molecular weight excluding hydrogens is 260 g/mol. The zero-order chi connectivity index (χ0) is 13.8. The highest BCUT2D eigenvalue weighted by atomic mass is 32.2. The third-order valence-corrected chi connectivity index (χ3v) is 4.09. The molecule has 1 unspecified atom stereocenters. The van der Waals surface area contributed by atoms with E-state index in [1.807, 2.05) is 0 Å². The van der Waals surface area contributed by atoms with E-state index >= 15 is 0 Å². The first kappa shape index (κ1) is 14.6. The third-order valence-electron chi connectivity index (χ3n) is 2.21. The summed E-state index contributed by atoms with van der Waals surface area (Å²) in [5.41, 5.74) is 5.12. The molecule has 0 saturated carbocycles. The lowest BCUT2D eigenvalue weighted by atomic mass is 10.3. The molecule has 8 heteroatoms. The molecule has 0 spiro atoms. The Morgan fingerprint density at radius 1 is 1.44 bits per heavy atom. The molecule has 0 bridgehead atoms. The average Bonchev–Trinajstić information content (AvgIpc) is 2.28. The van der Waals surface area contributed by atoms with Gasteiger partial charge in [-0.2, -0.15) is 0 Å². The van der Waals surface area contributed by atoms with Gasteiger partial charge in [-0.05, 0) is 6.07 Å². The van der Waals surface area contributed by atoms with Crippen molar-refractivity contribution in [3.05, 3.63) is 34.4 Å². The molecule has 1 atom stereocenters. The van der Waals surface area contributed by atoms with Gasteiger partial charge >= 0.3 is 0 Å². The van der Waals surface area contributed by atoms with Gasteiger partial charge in [0.2, 0.25) is 0 Å². The first-order valence-electron chi connectivity index (χ1n) is 5.09. The zero-order valence-corrected chi connectivity index (χ0v) is 10.6. The summed E-state index contributed by atoms with van der Waals surface area (Å²) in [5.74, 6) is -0.397. The minimum absolute atomic E-state index is 0.0693. The van der Waals surface area contributed by atoms with Crippen molar-refractivity contribution in [3.63, 3.8) is 0 Å². The van der Waals surface area contributed by atoms with Crippen LogP contribution in [0, 0.1) is 10.1 Å². The molecule has 18 heavy (non-hydrogen) atoms. The number of hydrogen-bond donors (Lipinski definition) is 1. The van der Waals surface area contributed by atoms with Crippen molar-refractivity contribution >= 4 is 15.5 Å². The topological polar surface area (TPSA) is 113 Å². The zero-order valence-electron chi connectivity index (χ0n) is 9.78. The Balaban J connectivity index is 3.09. The molecular formula is C10H14N2O5S. The Bertz CT molecular complexity index is 529. The summed E-state index contributed by atoms with van der Waals surface area (Å²) in [6, 6.07) is 4.47. The van der Waals surface area contributed by atoms with E-state index in [9.17, 15) is 18.5 Å². The molecule has 0 aromatic heterocycles. The summed E-state index contributed by atoms with van der Waals surface area (Å²) in [7, 11) is -2.40. The largest absolute Gasteiger partial charge is 0.383 e. The van der Waals surface area contributed by atoms with Gasteiger partial charge in [0.15, 0.2) is 9.84 Å². The van der Waals surface area contributed by atoms with Crippen LogP contribution in [0.5, 0.6) is 0 Å². The number of ether oxygens (including phenoxy) is 1. The van der Waals surface area contributed by atoms with Gasteiger partial charge in [0.1, 0.15) is 4.90 Å². The van der Waals surface area contributed by atoms with Crippen molar-refractivity contribution in [2.24, 2.45) is 5.73 Å². The Morgan fingerprint density at radius 3 is 2.61 bits per heavy atom. The maximum atomic E-state index is 12.0. The lowest BCUT2D eigenvalue weighted by Gasteiger charge is -2.11.